The minimum absolute atomic E-state index is 0.0759. The number of carbonyl (C=O) groups excluding carboxylic acids is 1. The number of aromatic nitrogens is 4. The topological polar surface area (TPSA) is 64.7 Å². The highest BCUT2D eigenvalue weighted by Crippen LogP contribution is 2.14. The van der Waals surface area contributed by atoms with Crippen LogP contribution in [-0.2, 0) is 11.2 Å². The molecule has 0 saturated heterocycles. The van der Waals surface area contributed by atoms with Gasteiger partial charge in [0, 0.05) is 30.0 Å². The zero-order valence-corrected chi connectivity index (χ0v) is 14.0. The van der Waals surface area contributed by atoms with Gasteiger partial charge >= 0.3 is 0 Å². The summed E-state index contributed by atoms with van der Waals surface area (Å²) in [7, 11) is 0. The van der Waals surface area contributed by atoms with Gasteiger partial charge in [0.2, 0.25) is 5.91 Å². The molecule has 2 aromatic carbocycles. The third-order valence-electron chi connectivity index (χ3n) is 3.98. The molecule has 2 aromatic heterocycles. The number of hydrogen-bond donors (Lipinski definition) is 1. The average molecular weight is 343 g/mol. The molecular formula is C20H17N5O. The number of hydrogen-bond acceptors (Lipinski definition) is 3. The number of rotatable bonds is 5. The van der Waals surface area contributed by atoms with E-state index in [2.05, 4.69) is 15.4 Å². The second-order valence-electron chi connectivity index (χ2n) is 5.87. The predicted molar refractivity (Wildman–Crippen MR) is 99.5 cm³/mol. The molecule has 4 rings (SSSR count). The molecule has 0 unspecified atom stereocenters. The Morgan fingerprint density at radius 3 is 2.54 bits per heavy atom. The van der Waals surface area contributed by atoms with Crippen molar-refractivity contribution in [2.45, 2.75) is 6.42 Å². The molecule has 2 heterocycles. The van der Waals surface area contributed by atoms with Crippen LogP contribution < -0.4 is 5.32 Å². The molecule has 0 fully saturated rings. The SMILES string of the molecule is O=C(Cc1cnn(-c2ccccc2)c1)Nc1ccc(-n2ccnc2)cc1. The molecule has 26 heavy (non-hydrogen) atoms. The fraction of sp³-hybridized carbons (Fsp3) is 0.0500. The summed E-state index contributed by atoms with van der Waals surface area (Å²) in [5, 5.41) is 7.23. The molecular weight excluding hydrogens is 326 g/mol. The minimum Gasteiger partial charge on any atom is -0.326 e. The average Bonchev–Trinajstić information content (AvgIpc) is 3.35. The summed E-state index contributed by atoms with van der Waals surface area (Å²) in [5.41, 5.74) is 3.58. The Hall–Kier alpha value is -3.67. The minimum atomic E-state index is -0.0759. The molecule has 0 atom stereocenters. The van der Waals surface area contributed by atoms with Crippen molar-refractivity contribution in [2.24, 2.45) is 0 Å². The predicted octanol–water partition coefficient (Wildman–Crippen LogP) is 3.24. The third-order valence-corrected chi connectivity index (χ3v) is 3.98. The van der Waals surface area contributed by atoms with Crippen molar-refractivity contribution in [3.8, 4) is 11.4 Å². The monoisotopic (exact) mass is 343 g/mol. The second-order valence-corrected chi connectivity index (χ2v) is 5.87. The number of para-hydroxylation sites is 1. The van der Waals surface area contributed by atoms with Gasteiger partial charge in [0.25, 0.3) is 0 Å². The van der Waals surface area contributed by atoms with E-state index in [1.807, 2.05) is 71.6 Å². The maximum atomic E-state index is 12.3. The van der Waals surface area contributed by atoms with Crippen LogP contribution in [0.3, 0.4) is 0 Å². The van der Waals surface area contributed by atoms with Gasteiger partial charge in [0.05, 0.1) is 24.6 Å². The largest absolute Gasteiger partial charge is 0.326 e. The molecule has 0 aliphatic heterocycles. The van der Waals surface area contributed by atoms with Gasteiger partial charge in [0.15, 0.2) is 0 Å². The molecule has 128 valence electrons. The van der Waals surface area contributed by atoms with Gasteiger partial charge in [-0.15, -0.1) is 0 Å². The van der Waals surface area contributed by atoms with Gasteiger partial charge in [-0.05, 0) is 42.0 Å². The molecule has 1 amide bonds. The van der Waals surface area contributed by atoms with E-state index < -0.39 is 0 Å². The highest BCUT2D eigenvalue weighted by molar-refractivity contribution is 5.92. The van der Waals surface area contributed by atoms with Crippen LogP contribution in [0.5, 0.6) is 0 Å². The van der Waals surface area contributed by atoms with Gasteiger partial charge in [-0.3, -0.25) is 4.79 Å². The summed E-state index contributed by atoms with van der Waals surface area (Å²) in [6.07, 6.45) is 9.20. The van der Waals surface area contributed by atoms with Crippen molar-refractivity contribution in [1.82, 2.24) is 19.3 Å². The van der Waals surface area contributed by atoms with Crippen LogP contribution in [0.2, 0.25) is 0 Å². The molecule has 1 N–H and O–H groups in total. The molecule has 0 aliphatic carbocycles. The number of carbonyl (C=O) groups is 1. The van der Waals surface area contributed by atoms with Gasteiger partial charge in [-0.2, -0.15) is 5.10 Å². The first kappa shape index (κ1) is 15.8. The van der Waals surface area contributed by atoms with Gasteiger partial charge in [0.1, 0.15) is 0 Å². The van der Waals surface area contributed by atoms with Gasteiger partial charge in [-0.1, -0.05) is 18.2 Å². The second kappa shape index (κ2) is 7.06. The lowest BCUT2D eigenvalue weighted by molar-refractivity contribution is -0.115. The Bertz CT molecular complexity index is 988. The first-order chi connectivity index (χ1) is 12.8. The maximum absolute atomic E-state index is 12.3. The van der Waals surface area contributed by atoms with E-state index in [1.165, 1.54) is 0 Å². The summed E-state index contributed by atoms with van der Waals surface area (Å²) in [5.74, 6) is -0.0759. The Labute approximate surface area is 150 Å². The highest BCUT2D eigenvalue weighted by atomic mass is 16.1. The fourth-order valence-corrected chi connectivity index (χ4v) is 2.69. The third kappa shape index (κ3) is 3.54. The van der Waals surface area contributed by atoms with E-state index in [9.17, 15) is 4.79 Å². The lowest BCUT2D eigenvalue weighted by Crippen LogP contribution is -2.14. The maximum Gasteiger partial charge on any atom is 0.228 e. The number of nitrogens with zero attached hydrogens (tertiary/aromatic N) is 4. The van der Waals surface area contributed by atoms with E-state index in [1.54, 1.807) is 23.4 Å². The van der Waals surface area contributed by atoms with Crippen molar-refractivity contribution in [2.75, 3.05) is 5.32 Å². The smallest absolute Gasteiger partial charge is 0.228 e. The number of nitrogens with one attached hydrogen (secondary N) is 1. The Morgan fingerprint density at radius 1 is 1.00 bits per heavy atom. The van der Waals surface area contributed by atoms with E-state index in [0.29, 0.717) is 0 Å². The van der Waals surface area contributed by atoms with Crippen LogP contribution in [0.4, 0.5) is 5.69 Å². The van der Waals surface area contributed by atoms with Crippen molar-refractivity contribution in [3.05, 3.63) is 91.3 Å². The van der Waals surface area contributed by atoms with Crippen LogP contribution in [0.1, 0.15) is 5.56 Å². The van der Waals surface area contributed by atoms with E-state index in [0.717, 1.165) is 22.6 Å². The molecule has 0 radical (unpaired) electrons. The first-order valence-electron chi connectivity index (χ1n) is 8.25. The normalized spacial score (nSPS) is 10.6. The van der Waals surface area contributed by atoms with Crippen molar-refractivity contribution in [3.63, 3.8) is 0 Å². The summed E-state index contributed by atoms with van der Waals surface area (Å²) in [6, 6.07) is 17.4. The Morgan fingerprint density at radius 2 is 1.81 bits per heavy atom. The molecule has 0 bridgehead atoms. The zero-order chi connectivity index (χ0) is 17.8. The summed E-state index contributed by atoms with van der Waals surface area (Å²) in [4.78, 5) is 16.3. The summed E-state index contributed by atoms with van der Waals surface area (Å²) >= 11 is 0. The zero-order valence-electron chi connectivity index (χ0n) is 14.0. The highest BCUT2D eigenvalue weighted by Gasteiger charge is 2.07. The number of benzene rings is 2. The van der Waals surface area contributed by atoms with Gasteiger partial charge < -0.3 is 9.88 Å². The van der Waals surface area contributed by atoms with Crippen molar-refractivity contribution >= 4 is 11.6 Å². The lowest BCUT2D eigenvalue weighted by Gasteiger charge is -2.06. The van der Waals surface area contributed by atoms with Crippen molar-refractivity contribution < 1.29 is 4.79 Å². The van der Waals surface area contributed by atoms with Crippen LogP contribution in [0.25, 0.3) is 11.4 Å². The number of anilines is 1. The van der Waals surface area contributed by atoms with Crippen LogP contribution >= 0.6 is 0 Å². The van der Waals surface area contributed by atoms with Gasteiger partial charge in [-0.25, -0.2) is 9.67 Å². The standard InChI is InChI=1S/C20H17N5O/c26-20(12-16-13-22-25(14-16)19-4-2-1-3-5-19)23-17-6-8-18(9-7-17)24-11-10-21-15-24/h1-11,13-15H,12H2,(H,23,26). The van der Waals surface area contributed by atoms with Crippen LogP contribution in [0, 0.1) is 0 Å². The van der Waals surface area contributed by atoms with Crippen LogP contribution in [0.15, 0.2) is 85.7 Å². The molecule has 4 aromatic rings. The molecule has 6 heteroatoms. The molecule has 0 aliphatic rings. The first-order valence-corrected chi connectivity index (χ1v) is 8.25. The summed E-state index contributed by atoms with van der Waals surface area (Å²) in [6.45, 7) is 0. The molecule has 0 saturated carbocycles. The van der Waals surface area contributed by atoms with Crippen molar-refractivity contribution in [1.29, 1.82) is 0 Å². The Balaban J connectivity index is 1.39. The lowest BCUT2D eigenvalue weighted by atomic mass is 10.2. The number of amides is 1. The van der Waals surface area contributed by atoms with E-state index >= 15 is 0 Å². The quantitative estimate of drug-likeness (QED) is 0.605. The van der Waals surface area contributed by atoms with E-state index in [4.69, 9.17) is 0 Å². The molecule has 6 nitrogen and oxygen atoms in total. The van der Waals surface area contributed by atoms with E-state index in [-0.39, 0.29) is 12.3 Å². The fourth-order valence-electron chi connectivity index (χ4n) is 2.69. The summed E-state index contributed by atoms with van der Waals surface area (Å²) < 4.78 is 3.67. The Kier molecular flexibility index (Phi) is 4.30. The molecule has 0 spiro atoms. The number of imidazole rings is 1. The van der Waals surface area contributed by atoms with Crippen LogP contribution in [-0.4, -0.2) is 25.2 Å².